The molecule has 0 spiro atoms. The topological polar surface area (TPSA) is 29.5 Å². The predicted octanol–water partition coefficient (Wildman–Crippen LogP) is 1.89. The van der Waals surface area contributed by atoms with Crippen molar-refractivity contribution in [3.8, 4) is 0 Å². The molecule has 0 saturated carbocycles. The summed E-state index contributed by atoms with van der Waals surface area (Å²) in [7, 11) is 0. The van der Waals surface area contributed by atoms with E-state index in [9.17, 15) is 4.79 Å². The number of likely N-dealkylation sites (tertiary alicyclic amines) is 1. The van der Waals surface area contributed by atoms with Crippen molar-refractivity contribution in [2.75, 3.05) is 26.3 Å². The summed E-state index contributed by atoms with van der Waals surface area (Å²) in [6.07, 6.45) is 3.00. The first-order valence-corrected chi connectivity index (χ1v) is 6.62. The van der Waals surface area contributed by atoms with Gasteiger partial charge in [-0.05, 0) is 25.2 Å². The lowest BCUT2D eigenvalue weighted by Crippen LogP contribution is -2.47. The quantitative estimate of drug-likeness (QED) is 0.661. The molecule has 2 aliphatic heterocycles. The zero-order chi connectivity index (χ0) is 11.5. The van der Waals surface area contributed by atoms with Gasteiger partial charge in [0.25, 0.3) is 0 Å². The Morgan fingerprint density at radius 1 is 1.44 bits per heavy atom. The second-order valence-corrected chi connectivity index (χ2v) is 5.54. The number of piperidine rings is 1. The fourth-order valence-electron chi connectivity index (χ4n) is 2.42. The lowest BCUT2D eigenvalue weighted by molar-refractivity contribution is -0.140. The second kappa shape index (κ2) is 5.37. The minimum Gasteiger partial charge on any atom is -0.381 e. The fourth-order valence-corrected chi connectivity index (χ4v) is 2.71. The van der Waals surface area contributed by atoms with Crippen molar-refractivity contribution in [1.29, 1.82) is 0 Å². The van der Waals surface area contributed by atoms with Crippen LogP contribution < -0.4 is 0 Å². The average molecular weight is 246 g/mol. The lowest BCUT2D eigenvalue weighted by atomic mass is 9.95. The molecule has 3 nitrogen and oxygen atoms in total. The van der Waals surface area contributed by atoms with Crippen LogP contribution in [0, 0.1) is 11.8 Å². The molecular formula is C12H20ClNO2. The van der Waals surface area contributed by atoms with Gasteiger partial charge in [-0.3, -0.25) is 4.79 Å². The zero-order valence-corrected chi connectivity index (χ0v) is 10.6. The van der Waals surface area contributed by atoms with Crippen molar-refractivity contribution in [1.82, 2.24) is 4.90 Å². The van der Waals surface area contributed by atoms with E-state index >= 15 is 0 Å². The molecule has 0 aromatic rings. The van der Waals surface area contributed by atoms with E-state index in [2.05, 4.69) is 6.92 Å². The SMILES string of the molecule is CC1CCN(C(=O)C2CCCOC2)CC1Cl. The first-order chi connectivity index (χ1) is 7.68. The van der Waals surface area contributed by atoms with Gasteiger partial charge in [-0.25, -0.2) is 0 Å². The van der Waals surface area contributed by atoms with Crippen LogP contribution in [0.3, 0.4) is 0 Å². The van der Waals surface area contributed by atoms with Gasteiger partial charge in [0.05, 0.1) is 17.9 Å². The summed E-state index contributed by atoms with van der Waals surface area (Å²) >= 11 is 6.22. The Morgan fingerprint density at radius 3 is 2.88 bits per heavy atom. The summed E-state index contributed by atoms with van der Waals surface area (Å²) in [6.45, 7) is 5.12. The molecule has 16 heavy (non-hydrogen) atoms. The molecule has 2 rings (SSSR count). The molecule has 92 valence electrons. The van der Waals surface area contributed by atoms with E-state index in [4.69, 9.17) is 16.3 Å². The number of rotatable bonds is 1. The van der Waals surface area contributed by atoms with E-state index in [0.29, 0.717) is 19.1 Å². The van der Waals surface area contributed by atoms with Crippen LogP contribution >= 0.6 is 11.6 Å². The molecule has 2 fully saturated rings. The fraction of sp³-hybridized carbons (Fsp3) is 0.917. The van der Waals surface area contributed by atoms with Crippen molar-refractivity contribution >= 4 is 17.5 Å². The number of hydrogen-bond donors (Lipinski definition) is 0. The summed E-state index contributed by atoms with van der Waals surface area (Å²) < 4.78 is 5.36. The number of amides is 1. The molecule has 0 aliphatic carbocycles. The molecular weight excluding hydrogens is 226 g/mol. The molecule has 0 N–H and O–H groups in total. The van der Waals surface area contributed by atoms with Gasteiger partial charge < -0.3 is 9.64 Å². The van der Waals surface area contributed by atoms with E-state index in [1.54, 1.807) is 0 Å². The number of nitrogens with zero attached hydrogens (tertiary/aromatic N) is 1. The predicted molar refractivity (Wildman–Crippen MR) is 63.5 cm³/mol. The Balaban J connectivity index is 1.89. The maximum absolute atomic E-state index is 12.2. The van der Waals surface area contributed by atoms with Crippen LogP contribution in [0.2, 0.25) is 0 Å². The molecule has 3 unspecified atom stereocenters. The number of hydrogen-bond acceptors (Lipinski definition) is 2. The smallest absolute Gasteiger partial charge is 0.228 e. The Bertz CT molecular complexity index is 253. The number of carbonyl (C=O) groups excluding carboxylic acids is 1. The Kier molecular flexibility index (Phi) is 4.09. The third kappa shape index (κ3) is 2.69. The highest BCUT2D eigenvalue weighted by molar-refractivity contribution is 6.21. The van der Waals surface area contributed by atoms with Crippen LogP contribution in [0.1, 0.15) is 26.2 Å². The largest absolute Gasteiger partial charge is 0.381 e. The van der Waals surface area contributed by atoms with E-state index in [1.165, 1.54) is 0 Å². The molecule has 0 aromatic carbocycles. The first kappa shape index (κ1) is 12.2. The Hall–Kier alpha value is -0.280. The van der Waals surface area contributed by atoms with E-state index in [1.807, 2.05) is 4.90 Å². The second-order valence-electron chi connectivity index (χ2n) is 4.98. The van der Waals surface area contributed by atoms with Crippen LogP contribution in [0.15, 0.2) is 0 Å². The molecule has 0 bridgehead atoms. The van der Waals surface area contributed by atoms with E-state index in [-0.39, 0.29) is 17.2 Å². The minimum absolute atomic E-state index is 0.0750. The van der Waals surface area contributed by atoms with E-state index in [0.717, 1.165) is 32.4 Å². The van der Waals surface area contributed by atoms with Gasteiger partial charge in [0.15, 0.2) is 0 Å². The number of alkyl halides is 1. The summed E-state index contributed by atoms with van der Waals surface area (Å²) in [5, 5.41) is 0.113. The first-order valence-electron chi connectivity index (χ1n) is 6.19. The number of carbonyl (C=O) groups is 1. The van der Waals surface area contributed by atoms with Crippen molar-refractivity contribution in [2.24, 2.45) is 11.8 Å². The highest BCUT2D eigenvalue weighted by Gasteiger charge is 2.31. The summed E-state index contributed by atoms with van der Waals surface area (Å²) in [5.41, 5.74) is 0. The summed E-state index contributed by atoms with van der Waals surface area (Å²) in [4.78, 5) is 14.1. The highest BCUT2D eigenvalue weighted by Crippen LogP contribution is 2.24. The average Bonchev–Trinajstić information content (AvgIpc) is 2.33. The van der Waals surface area contributed by atoms with Gasteiger partial charge in [-0.15, -0.1) is 11.6 Å². The van der Waals surface area contributed by atoms with Crippen molar-refractivity contribution in [2.45, 2.75) is 31.6 Å². The zero-order valence-electron chi connectivity index (χ0n) is 9.82. The third-order valence-corrected chi connectivity index (χ3v) is 4.26. The summed E-state index contributed by atoms with van der Waals surface area (Å²) in [5.74, 6) is 0.844. The lowest BCUT2D eigenvalue weighted by Gasteiger charge is -2.36. The normalized spacial score (nSPS) is 36.1. The molecule has 2 saturated heterocycles. The van der Waals surface area contributed by atoms with Crippen LogP contribution in [-0.2, 0) is 9.53 Å². The van der Waals surface area contributed by atoms with Gasteiger partial charge in [0.1, 0.15) is 0 Å². The number of halogens is 1. The molecule has 0 aromatic heterocycles. The Labute approximate surface area is 102 Å². The molecule has 0 radical (unpaired) electrons. The van der Waals surface area contributed by atoms with Crippen molar-refractivity contribution in [3.05, 3.63) is 0 Å². The van der Waals surface area contributed by atoms with Gasteiger partial charge in [0.2, 0.25) is 5.91 Å². The molecule has 2 heterocycles. The molecule has 4 heteroatoms. The Morgan fingerprint density at radius 2 is 2.25 bits per heavy atom. The minimum atomic E-state index is 0.0750. The standard InChI is InChI=1S/C12H20ClNO2/c1-9-4-5-14(7-11(9)13)12(15)10-3-2-6-16-8-10/h9-11H,2-8H2,1H3. The molecule has 2 aliphatic rings. The maximum atomic E-state index is 12.2. The van der Waals surface area contributed by atoms with Crippen LogP contribution in [0.5, 0.6) is 0 Å². The third-order valence-electron chi connectivity index (χ3n) is 3.69. The van der Waals surface area contributed by atoms with Gasteiger partial charge in [0, 0.05) is 19.7 Å². The molecule has 3 atom stereocenters. The van der Waals surface area contributed by atoms with Crippen molar-refractivity contribution < 1.29 is 9.53 Å². The van der Waals surface area contributed by atoms with Crippen LogP contribution in [0.4, 0.5) is 0 Å². The number of ether oxygens (including phenoxy) is 1. The highest BCUT2D eigenvalue weighted by atomic mass is 35.5. The van der Waals surface area contributed by atoms with Crippen LogP contribution in [-0.4, -0.2) is 42.5 Å². The molecule has 1 amide bonds. The van der Waals surface area contributed by atoms with Crippen LogP contribution in [0.25, 0.3) is 0 Å². The van der Waals surface area contributed by atoms with Gasteiger partial charge in [-0.1, -0.05) is 6.92 Å². The van der Waals surface area contributed by atoms with Gasteiger partial charge >= 0.3 is 0 Å². The van der Waals surface area contributed by atoms with Crippen molar-refractivity contribution in [3.63, 3.8) is 0 Å². The monoisotopic (exact) mass is 245 g/mol. The summed E-state index contributed by atoms with van der Waals surface area (Å²) in [6, 6.07) is 0. The maximum Gasteiger partial charge on any atom is 0.228 e. The van der Waals surface area contributed by atoms with E-state index < -0.39 is 0 Å². The van der Waals surface area contributed by atoms with Gasteiger partial charge in [-0.2, -0.15) is 0 Å².